The molecule has 1 aromatic heterocycles. The van der Waals surface area contributed by atoms with Crippen LogP contribution >= 0.6 is 11.3 Å². The molecule has 0 bridgehead atoms. The van der Waals surface area contributed by atoms with Crippen molar-refractivity contribution >= 4 is 34.0 Å². The molecule has 0 saturated heterocycles. The van der Waals surface area contributed by atoms with Crippen molar-refractivity contribution in [3.63, 3.8) is 0 Å². The summed E-state index contributed by atoms with van der Waals surface area (Å²) >= 11 is 1.37. The van der Waals surface area contributed by atoms with Crippen LogP contribution in [-0.2, 0) is 11.4 Å². The van der Waals surface area contributed by atoms with Gasteiger partial charge in [-0.3, -0.25) is 14.5 Å². The van der Waals surface area contributed by atoms with Gasteiger partial charge < -0.3 is 10.1 Å². The standard InChI is InChI=1S/C20H19N3O3S/c1-14(24)23(2)20-22-16(13-27-20)12-26-18-11-7-6-10-17(18)19(25)21-15-8-4-3-5-9-15/h3-11,13H,12H2,1-2H3,(H,21,25). The van der Waals surface area contributed by atoms with Crippen LogP contribution in [-0.4, -0.2) is 23.8 Å². The molecule has 3 rings (SSSR count). The average Bonchev–Trinajstić information content (AvgIpc) is 3.15. The number of ether oxygens (including phenoxy) is 1. The largest absolute Gasteiger partial charge is 0.486 e. The Bertz CT molecular complexity index is 940. The summed E-state index contributed by atoms with van der Waals surface area (Å²) in [6.07, 6.45) is 0. The number of carbonyl (C=O) groups excluding carboxylic acids is 2. The smallest absolute Gasteiger partial charge is 0.259 e. The maximum absolute atomic E-state index is 12.6. The van der Waals surface area contributed by atoms with E-state index >= 15 is 0 Å². The zero-order valence-electron chi connectivity index (χ0n) is 15.0. The summed E-state index contributed by atoms with van der Waals surface area (Å²) in [5, 5.41) is 5.29. The van der Waals surface area contributed by atoms with Crippen molar-refractivity contribution in [2.24, 2.45) is 0 Å². The second kappa shape index (κ2) is 8.46. The molecule has 6 nitrogen and oxygen atoms in total. The van der Waals surface area contributed by atoms with Crippen molar-refractivity contribution in [2.45, 2.75) is 13.5 Å². The van der Waals surface area contributed by atoms with Gasteiger partial charge in [-0.1, -0.05) is 30.3 Å². The van der Waals surface area contributed by atoms with Crippen LogP contribution in [0.15, 0.2) is 60.0 Å². The van der Waals surface area contributed by atoms with E-state index < -0.39 is 0 Å². The van der Waals surface area contributed by atoms with E-state index in [-0.39, 0.29) is 18.4 Å². The van der Waals surface area contributed by atoms with Crippen LogP contribution in [0.2, 0.25) is 0 Å². The number of anilines is 2. The molecular weight excluding hydrogens is 362 g/mol. The molecule has 0 aliphatic rings. The number of aromatic nitrogens is 1. The minimum absolute atomic E-state index is 0.0836. The normalized spacial score (nSPS) is 10.3. The molecule has 27 heavy (non-hydrogen) atoms. The van der Waals surface area contributed by atoms with Gasteiger partial charge in [-0.05, 0) is 24.3 Å². The quantitative estimate of drug-likeness (QED) is 0.702. The van der Waals surface area contributed by atoms with E-state index in [2.05, 4.69) is 10.3 Å². The van der Waals surface area contributed by atoms with Gasteiger partial charge in [0.15, 0.2) is 5.13 Å². The van der Waals surface area contributed by atoms with Crippen LogP contribution in [0.3, 0.4) is 0 Å². The number of hydrogen-bond donors (Lipinski definition) is 1. The summed E-state index contributed by atoms with van der Waals surface area (Å²) in [7, 11) is 1.68. The van der Waals surface area contributed by atoms with Crippen molar-refractivity contribution in [1.29, 1.82) is 0 Å². The topological polar surface area (TPSA) is 71.5 Å². The Kier molecular flexibility index (Phi) is 5.83. The summed E-state index contributed by atoms with van der Waals surface area (Å²) in [5.74, 6) is 0.146. The van der Waals surface area contributed by atoms with Gasteiger partial charge in [0, 0.05) is 25.0 Å². The Morgan fingerprint density at radius 2 is 1.81 bits per heavy atom. The highest BCUT2D eigenvalue weighted by Gasteiger charge is 2.14. The SMILES string of the molecule is CC(=O)N(C)c1nc(COc2ccccc2C(=O)Nc2ccccc2)cs1. The van der Waals surface area contributed by atoms with Gasteiger partial charge in [0.25, 0.3) is 5.91 Å². The molecule has 7 heteroatoms. The summed E-state index contributed by atoms with van der Waals surface area (Å²) < 4.78 is 5.82. The maximum atomic E-state index is 12.6. The first kappa shape index (κ1) is 18.6. The molecule has 0 spiro atoms. The lowest BCUT2D eigenvalue weighted by Gasteiger charge is -2.11. The van der Waals surface area contributed by atoms with E-state index in [9.17, 15) is 9.59 Å². The molecule has 3 aromatic rings. The van der Waals surface area contributed by atoms with Crippen molar-refractivity contribution < 1.29 is 14.3 Å². The van der Waals surface area contributed by atoms with Crippen molar-refractivity contribution in [2.75, 3.05) is 17.3 Å². The molecule has 1 heterocycles. The van der Waals surface area contributed by atoms with Gasteiger partial charge in [0.05, 0.1) is 11.3 Å². The highest BCUT2D eigenvalue weighted by molar-refractivity contribution is 7.14. The van der Waals surface area contributed by atoms with E-state index in [1.54, 1.807) is 25.2 Å². The number of nitrogens with one attached hydrogen (secondary N) is 1. The third kappa shape index (κ3) is 4.71. The molecule has 2 amide bonds. The third-order valence-corrected chi connectivity index (χ3v) is 4.80. The predicted octanol–water partition coefficient (Wildman–Crippen LogP) is 3.96. The van der Waals surface area contributed by atoms with E-state index in [1.807, 2.05) is 41.8 Å². The van der Waals surface area contributed by atoms with Crippen LogP contribution in [0.1, 0.15) is 23.0 Å². The van der Waals surface area contributed by atoms with Crippen molar-refractivity contribution in [3.05, 3.63) is 71.2 Å². The lowest BCUT2D eigenvalue weighted by atomic mass is 10.2. The highest BCUT2D eigenvalue weighted by Crippen LogP contribution is 2.23. The van der Waals surface area contributed by atoms with E-state index in [4.69, 9.17) is 4.74 Å². The first-order valence-corrected chi connectivity index (χ1v) is 9.19. The Morgan fingerprint density at radius 1 is 1.11 bits per heavy atom. The van der Waals surface area contributed by atoms with Gasteiger partial charge >= 0.3 is 0 Å². The van der Waals surface area contributed by atoms with Crippen LogP contribution in [0.4, 0.5) is 10.8 Å². The Labute approximate surface area is 161 Å². The summed E-state index contributed by atoms with van der Waals surface area (Å²) in [6.45, 7) is 1.69. The zero-order chi connectivity index (χ0) is 19.2. The minimum atomic E-state index is -0.243. The molecule has 0 atom stereocenters. The molecule has 2 aromatic carbocycles. The van der Waals surface area contributed by atoms with Crippen molar-refractivity contribution in [3.8, 4) is 5.75 Å². The van der Waals surface area contributed by atoms with Crippen LogP contribution < -0.4 is 15.0 Å². The summed E-state index contributed by atoms with van der Waals surface area (Å²) in [5.41, 5.74) is 1.85. The third-order valence-electron chi connectivity index (χ3n) is 3.84. The number of amides is 2. The Balaban J connectivity index is 1.69. The molecule has 1 N–H and O–H groups in total. The minimum Gasteiger partial charge on any atom is -0.486 e. The maximum Gasteiger partial charge on any atom is 0.259 e. The van der Waals surface area contributed by atoms with Crippen molar-refractivity contribution in [1.82, 2.24) is 4.98 Å². The molecule has 0 radical (unpaired) electrons. The monoisotopic (exact) mass is 381 g/mol. The van der Waals surface area contributed by atoms with Crippen LogP contribution in [0.5, 0.6) is 5.75 Å². The first-order valence-electron chi connectivity index (χ1n) is 8.31. The fraction of sp³-hybridized carbons (Fsp3) is 0.150. The van der Waals surface area contributed by atoms with Gasteiger partial charge in [0.2, 0.25) is 5.91 Å². The van der Waals surface area contributed by atoms with E-state index in [1.165, 1.54) is 23.2 Å². The molecule has 138 valence electrons. The lowest BCUT2D eigenvalue weighted by Crippen LogP contribution is -2.22. The first-order chi connectivity index (χ1) is 13.0. The highest BCUT2D eigenvalue weighted by atomic mass is 32.1. The fourth-order valence-electron chi connectivity index (χ4n) is 2.30. The molecule has 0 fully saturated rings. The number of benzene rings is 2. The van der Waals surface area contributed by atoms with Crippen LogP contribution in [0, 0.1) is 0 Å². The fourth-order valence-corrected chi connectivity index (χ4v) is 3.12. The number of carbonyl (C=O) groups is 2. The van der Waals surface area contributed by atoms with Gasteiger partial charge in [-0.25, -0.2) is 4.98 Å². The van der Waals surface area contributed by atoms with Gasteiger partial charge in [-0.15, -0.1) is 11.3 Å². The molecule has 0 unspecified atom stereocenters. The van der Waals surface area contributed by atoms with Crippen LogP contribution in [0.25, 0.3) is 0 Å². The number of para-hydroxylation sites is 2. The Hall–Kier alpha value is -3.19. The number of nitrogens with zero attached hydrogens (tertiary/aromatic N) is 2. The Morgan fingerprint density at radius 3 is 2.56 bits per heavy atom. The summed E-state index contributed by atoms with van der Waals surface area (Å²) in [4.78, 5) is 29.9. The molecule has 0 aliphatic carbocycles. The zero-order valence-corrected chi connectivity index (χ0v) is 15.8. The van der Waals surface area contributed by atoms with E-state index in [0.29, 0.717) is 27.8 Å². The average molecular weight is 381 g/mol. The van der Waals surface area contributed by atoms with Gasteiger partial charge in [-0.2, -0.15) is 0 Å². The number of thiazole rings is 1. The number of rotatable bonds is 6. The van der Waals surface area contributed by atoms with Gasteiger partial charge in [0.1, 0.15) is 12.4 Å². The number of hydrogen-bond acceptors (Lipinski definition) is 5. The second-order valence-electron chi connectivity index (χ2n) is 5.80. The molecule has 0 saturated carbocycles. The predicted molar refractivity (Wildman–Crippen MR) is 106 cm³/mol. The molecule has 0 aliphatic heterocycles. The van der Waals surface area contributed by atoms with E-state index in [0.717, 1.165) is 0 Å². The molecular formula is C20H19N3O3S. The summed E-state index contributed by atoms with van der Waals surface area (Å²) in [6, 6.07) is 16.3. The second-order valence-corrected chi connectivity index (χ2v) is 6.64. The lowest BCUT2D eigenvalue weighted by molar-refractivity contribution is -0.116.